The van der Waals surface area contributed by atoms with Crippen LogP contribution in [0.4, 0.5) is 38.1 Å². The Morgan fingerprint density at radius 2 is 1.63 bits per heavy atom. The number of nitrogens with one attached hydrogen (secondary N) is 3. The van der Waals surface area contributed by atoms with E-state index in [0.717, 1.165) is 30.3 Å². The lowest BCUT2D eigenvalue weighted by Gasteiger charge is -2.16. The number of pyridine rings is 1. The topological polar surface area (TPSA) is 83.2 Å². The number of anilines is 2. The van der Waals surface area contributed by atoms with Gasteiger partial charge in [-0.15, -0.1) is 0 Å². The summed E-state index contributed by atoms with van der Waals surface area (Å²) >= 11 is 0. The number of amides is 2. The number of ether oxygens (including phenoxy) is 1. The second kappa shape index (κ2) is 9.09. The number of carbonyl (C=O) groups is 1. The molecule has 4 aromatic rings. The molecule has 4 rings (SSSR count). The van der Waals surface area contributed by atoms with Crippen LogP contribution < -0.4 is 20.9 Å². The fraction of sp³-hybridized carbons (Fsp3) is 0.0833. The van der Waals surface area contributed by atoms with E-state index in [1.807, 2.05) is 0 Å². The van der Waals surface area contributed by atoms with Gasteiger partial charge in [0.15, 0.2) is 0 Å². The summed E-state index contributed by atoms with van der Waals surface area (Å²) in [6.07, 6.45) is -4.67. The van der Waals surface area contributed by atoms with E-state index in [2.05, 4.69) is 15.6 Å². The first-order valence-electron chi connectivity index (χ1n) is 10.0. The van der Waals surface area contributed by atoms with Gasteiger partial charge in [-0.2, -0.15) is 13.2 Å². The van der Waals surface area contributed by atoms with Crippen LogP contribution in [0.25, 0.3) is 22.0 Å². The molecule has 2 amide bonds. The third-order valence-electron chi connectivity index (χ3n) is 5.14. The summed E-state index contributed by atoms with van der Waals surface area (Å²) in [4.78, 5) is 27.2. The number of benzene rings is 3. The lowest BCUT2D eigenvalue weighted by atomic mass is 9.99. The van der Waals surface area contributed by atoms with E-state index in [1.165, 1.54) is 31.4 Å². The normalized spacial score (nSPS) is 11.4. The highest BCUT2D eigenvalue weighted by Crippen LogP contribution is 2.36. The highest BCUT2D eigenvalue weighted by molar-refractivity contribution is 6.05. The molecule has 1 heterocycles. The number of aromatic nitrogens is 1. The monoisotopic (exact) mass is 489 g/mol. The van der Waals surface area contributed by atoms with E-state index in [1.54, 1.807) is 0 Å². The minimum atomic E-state index is -4.67. The molecular weight excluding hydrogens is 473 g/mol. The van der Waals surface area contributed by atoms with Crippen molar-refractivity contribution in [1.29, 1.82) is 0 Å². The molecule has 0 spiro atoms. The number of H-pyrrole nitrogens is 1. The Hall–Kier alpha value is -4.41. The van der Waals surface area contributed by atoms with Crippen molar-refractivity contribution in [2.45, 2.75) is 6.18 Å². The zero-order valence-electron chi connectivity index (χ0n) is 17.9. The van der Waals surface area contributed by atoms with Crippen LogP contribution in [-0.2, 0) is 6.18 Å². The quantitative estimate of drug-likeness (QED) is 0.301. The van der Waals surface area contributed by atoms with Gasteiger partial charge in [-0.05, 0) is 35.9 Å². The molecule has 0 aliphatic heterocycles. The number of methoxy groups -OCH3 is 1. The van der Waals surface area contributed by atoms with Gasteiger partial charge in [0, 0.05) is 17.0 Å². The molecule has 0 atom stereocenters. The Morgan fingerprint density at radius 3 is 2.34 bits per heavy atom. The van der Waals surface area contributed by atoms with Crippen molar-refractivity contribution in [1.82, 2.24) is 4.98 Å². The third kappa shape index (κ3) is 4.79. The van der Waals surface area contributed by atoms with Gasteiger partial charge in [0.05, 0.1) is 29.6 Å². The molecule has 180 valence electrons. The van der Waals surface area contributed by atoms with Gasteiger partial charge in [-0.3, -0.25) is 4.79 Å². The zero-order chi connectivity index (χ0) is 25.3. The molecule has 11 heteroatoms. The molecule has 35 heavy (non-hydrogen) atoms. The molecule has 6 nitrogen and oxygen atoms in total. The number of fused-ring (bicyclic) bond motifs is 1. The number of carbonyl (C=O) groups excluding carboxylic acids is 1. The molecule has 0 bridgehead atoms. The molecule has 0 aliphatic carbocycles. The Morgan fingerprint density at radius 1 is 0.914 bits per heavy atom. The molecule has 1 aromatic heterocycles. The van der Waals surface area contributed by atoms with Crippen molar-refractivity contribution in [3.05, 3.63) is 88.2 Å². The second-order valence-corrected chi connectivity index (χ2v) is 7.36. The largest absolute Gasteiger partial charge is 0.495 e. The highest BCUT2D eigenvalue weighted by Gasteiger charge is 2.31. The first kappa shape index (κ1) is 23.7. The molecule has 0 fully saturated rings. The summed E-state index contributed by atoms with van der Waals surface area (Å²) in [5.74, 6) is -1.65. The Labute approximate surface area is 194 Å². The molecule has 0 unspecified atom stereocenters. The lowest BCUT2D eigenvalue weighted by molar-refractivity contribution is -0.137. The lowest BCUT2D eigenvalue weighted by Crippen LogP contribution is -2.21. The van der Waals surface area contributed by atoms with Gasteiger partial charge in [0.25, 0.3) is 0 Å². The Kier molecular flexibility index (Phi) is 6.16. The van der Waals surface area contributed by atoms with Crippen LogP contribution in [-0.4, -0.2) is 18.1 Å². The number of rotatable bonds is 4. The van der Waals surface area contributed by atoms with Crippen molar-refractivity contribution >= 4 is 28.3 Å². The van der Waals surface area contributed by atoms with Crippen LogP contribution in [0.3, 0.4) is 0 Å². The summed E-state index contributed by atoms with van der Waals surface area (Å²) in [7, 11) is 1.21. The number of halogens is 5. The summed E-state index contributed by atoms with van der Waals surface area (Å²) in [5, 5.41) is 4.73. The zero-order valence-corrected chi connectivity index (χ0v) is 17.9. The van der Waals surface area contributed by atoms with Gasteiger partial charge >= 0.3 is 12.2 Å². The number of alkyl halides is 3. The molecule has 3 aromatic carbocycles. The van der Waals surface area contributed by atoms with Crippen LogP contribution >= 0.6 is 0 Å². The van der Waals surface area contributed by atoms with Crippen molar-refractivity contribution in [3.63, 3.8) is 0 Å². The van der Waals surface area contributed by atoms with E-state index in [0.29, 0.717) is 6.07 Å². The molecule has 0 radical (unpaired) electrons. The number of hydrogen-bond acceptors (Lipinski definition) is 3. The van der Waals surface area contributed by atoms with Crippen LogP contribution in [0.5, 0.6) is 5.75 Å². The predicted octanol–water partition coefficient (Wildman–Crippen LogP) is 6.14. The minimum absolute atomic E-state index is 0.0536. The van der Waals surface area contributed by atoms with Crippen molar-refractivity contribution in [2.24, 2.45) is 0 Å². The molecule has 0 saturated carbocycles. The molecule has 3 N–H and O–H groups in total. The number of aromatic amines is 1. The van der Waals surface area contributed by atoms with Gasteiger partial charge in [0.2, 0.25) is 5.56 Å². The number of para-hydroxylation sites is 2. The summed E-state index contributed by atoms with van der Waals surface area (Å²) < 4.78 is 73.4. The van der Waals surface area contributed by atoms with Crippen molar-refractivity contribution in [2.75, 3.05) is 17.7 Å². The van der Waals surface area contributed by atoms with Crippen molar-refractivity contribution < 1.29 is 31.5 Å². The first-order chi connectivity index (χ1) is 16.6. The van der Waals surface area contributed by atoms with Gasteiger partial charge in [-0.1, -0.05) is 24.3 Å². The second-order valence-electron chi connectivity index (χ2n) is 7.36. The van der Waals surface area contributed by atoms with E-state index in [4.69, 9.17) is 4.74 Å². The first-order valence-corrected chi connectivity index (χ1v) is 10.0. The van der Waals surface area contributed by atoms with Gasteiger partial charge in [-0.25, -0.2) is 13.6 Å². The average Bonchev–Trinajstić information content (AvgIpc) is 2.80. The standard InChI is InChI=1S/C24H16F5N3O3/c1-35-19-9-8-12(24(27,28)29)10-18(19)30-23(34)32-22-14(5-3-7-17(22)26)15-11-20(33)31-21-13(15)4-2-6-16(21)25/h2-11H,1H3,(H,31,33)(H2,30,32,34). The Balaban J connectivity index is 1.75. The number of hydrogen-bond donors (Lipinski definition) is 3. The van der Waals surface area contributed by atoms with Crippen LogP contribution in [0.15, 0.2) is 65.5 Å². The summed E-state index contributed by atoms with van der Waals surface area (Å²) in [5.41, 5.74) is -2.28. The summed E-state index contributed by atoms with van der Waals surface area (Å²) in [6, 6.07) is 10.4. The van der Waals surface area contributed by atoms with Crippen LogP contribution in [0.2, 0.25) is 0 Å². The van der Waals surface area contributed by atoms with Crippen molar-refractivity contribution in [3.8, 4) is 16.9 Å². The Bertz CT molecular complexity index is 1500. The van der Waals surface area contributed by atoms with E-state index >= 15 is 0 Å². The van der Waals surface area contributed by atoms with Crippen LogP contribution in [0, 0.1) is 11.6 Å². The molecule has 0 aliphatic rings. The van der Waals surface area contributed by atoms with Gasteiger partial charge in [0.1, 0.15) is 17.4 Å². The molecule has 0 saturated heterocycles. The maximum absolute atomic E-state index is 14.8. The fourth-order valence-corrected chi connectivity index (χ4v) is 3.59. The maximum atomic E-state index is 14.8. The fourth-order valence-electron chi connectivity index (χ4n) is 3.59. The van der Waals surface area contributed by atoms with E-state index < -0.39 is 35.0 Å². The van der Waals surface area contributed by atoms with Gasteiger partial charge < -0.3 is 20.4 Å². The SMILES string of the molecule is COc1ccc(C(F)(F)F)cc1NC(=O)Nc1c(F)cccc1-c1cc(=O)[nH]c2c(F)cccc12. The predicted molar refractivity (Wildman–Crippen MR) is 121 cm³/mol. The van der Waals surface area contributed by atoms with E-state index in [-0.39, 0.29) is 39.2 Å². The van der Waals surface area contributed by atoms with Crippen LogP contribution in [0.1, 0.15) is 5.56 Å². The molecular formula is C24H16F5N3O3. The smallest absolute Gasteiger partial charge is 0.416 e. The number of urea groups is 1. The highest BCUT2D eigenvalue weighted by atomic mass is 19.4. The average molecular weight is 489 g/mol. The minimum Gasteiger partial charge on any atom is -0.495 e. The summed E-state index contributed by atoms with van der Waals surface area (Å²) in [6.45, 7) is 0. The maximum Gasteiger partial charge on any atom is 0.416 e. The van der Waals surface area contributed by atoms with E-state index in [9.17, 15) is 31.5 Å². The third-order valence-corrected chi connectivity index (χ3v) is 5.14.